The summed E-state index contributed by atoms with van der Waals surface area (Å²) in [5, 5.41) is 0.573. The second kappa shape index (κ2) is 7.46. The summed E-state index contributed by atoms with van der Waals surface area (Å²) in [5.41, 5.74) is 1.08. The van der Waals surface area contributed by atoms with Crippen LogP contribution in [0.3, 0.4) is 0 Å². The number of ether oxygens (including phenoxy) is 1. The zero-order chi connectivity index (χ0) is 16.2. The first-order valence-corrected chi connectivity index (χ1v) is 9.36. The van der Waals surface area contributed by atoms with Crippen molar-refractivity contribution in [3.8, 4) is 5.75 Å². The number of hydrogen-bond acceptors (Lipinski definition) is 4. The molecule has 0 radical (unpaired) electrons. The lowest BCUT2D eigenvalue weighted by atomic mass is 10.2. The van der Waals surface area contributed by atoms with E-state index in [9.17, 15) is 8.42 Å². The van der Waals surface area contributed by atoms with Gasteiger partial charge in [0.05, 0.1) is 11.3 Å². The van der Waals surface area contributed by atoms with Crippen LogP contribution in [0.25, 0.3) is 0 Å². The SMILES string of the molecule is C=CCOc1ccc(CN2CC[C@@H](NS(C)(=O)=O)C2)cc1Cl. The third-order valence-electron chi connectivity index (χ3n) is 3.41. The molecule has 1 aromatic carbocycles. The first kappa shape index (κ1) is 17.3. The number of sulfonamides is 1. The summed E-state index contributed by atoms with van der Waals surface area (Å²) < 4.78 is 30.6. The van der Waals surface area contributed by atoms with Crippen LogP contribution in [0, 0.1) is 0 Å². The van der Waals surface area contributed by atoms with E-state index in [1.54, 1.807) is 6.08 Å². The third-order valence-corrected chi connectivity index (χ3v) is 4.47. The summed E-state index contributed by atoms with van der Waals surface area (Å²) in [6.45, 7) is 6.33. The van der Waals surface area contributed by atoms with E-state index in [-0.39, 0.29) is 6.04 Å². The van der Waals surface area contributed by atoms with E-state index in [1.165, 1.54) is 6.26 Å². The number of halogens is 1. The first-order chi connectivity index (χ1) is 10.4. The Labute approximate surface area is 137 Å². The van der Waals surface area contributed by atoms with Gasteiger partial charge in [0.2, 0.25) is 10.0 Å². The Morgan fingerprint density at radius 1 is 1.55 bits per heavy atom. The molecule has 0 aliphatic carbocycles. The Kier molecular flexibility index (Phi) is 5.86. The molecule has 1 saturated heterocycles. The van der Waals surface area contributed by atoms with E-state index in [4.69, 9.17) is 16.3 Å². The predicted octanol–water partition coefficient (Wildman–Crippen LogP) is 2.03. The maximum Gasteiger partial charge on any atom is 0.208 e. The molecule has 1 heterocycles. The van der Waals surface area contributed by atoms with Gasteiger partial charge < -0.3 is 4.74 Å². The lowest BCUT2D eigenvalue weighted by Crippen LogP contribution is -2.36. The van der Waals surface area contributed by atoms with Crippen molar-refractivity contribution in [2.45, 2.75) is 19.0 Å². The second-order valence-electron chi connectivity index (χ2n) is 5.48. The summed E-state index contributed by atoms with van der Waals surface area (Å²) in [6, 6.07) is 5.70. The van der Waals surface area contributed by atoms with Gasteiger partial charge in [-0.15, -0.1) is 0 Å². The minimum Gasteiger partial charge on any atom is -0.488 e. The van der Waals surface area contributed by atoms with Crippen molar-refractivity contribution < 1.29 is 13.2 Å². The van der Waals surface area contributed by atoms with Gasteiger partial charge in [-0.1, -0.05) is 30.3 Å². The molecule has 1 atom stereocenters. The maximum atomic E-state index is 11.3. The van der Waals surface area contributed by atoms with Crippen LogP contribution in [0.1, 0.15) is 12.0 Å². The summed E-state index contributed by atoms with van der Waals surface area (Å²) in [6.07, 6.45) is 3.68. The van der Waals surface area contributed by atoms with Crippen LogP contribution in [0.4, 0.5) is 0 Å². The van der Waals surface area contributed by atoms with Gasteiger partial charge >= 0.3 is 0 Å². The topological polar surface area (TPSA) is 58.6 Å². The Morgan fingerprint density at radius 2 is 2.32 bits per heavy atom. The average Bonchev–Trinajstić information content (AvgIpc) is 2.83. The number of benzene rings is 1. The highest BCUT2D eigenvalue weighted by molar-refractivity contribution is 7.88. The Balaban J connectivity index is 1.92. The lowest BCUT2D eigenvalue weighted by Gasteiger charge is -2.17. The molecule has 0 unspecified atom stereocenters. The van der Waals surface area contributed by atoms with E-state index in [1.807, 2.05) is 18.2 Å². The molecular weight excluding hydrogens is 324 g/mol. The van der Waals surface area contributed by atoms with Crippen molar-refractivity contribution in [2.24, 2.45) is 0 Å². The zero-order valence-corrected chi connectivity index (χ0v) is 14.2. The van der Waals surface area contributed by atoms with Crippen molar-refractivity contribution in [3.63, 3.8) is 0 Å². The molecule has 0 saturated carbocycles. The molecule has 1 aromatic rings. The highest BCUT2D eigenvalue weighted by Crippen LogP contribution is 2.26. The van der Waals surface area contributed by atoms with Gasteiger partial charge in [-0.3, -0.25) is 4.90 Å². The second-order valence-corrected chi connectivity index (χ2v) is 7.66. The quantitative estimate of drug-likeness (QED) is 0.769. The largest absolute Gasteiger partial charge is 0.488 e. The van der Waals surface area contributed by atoms with Crippen molar-refractivity contribution in [1.82, 2.24) is 9.62 Å². The Hall–Kier alpha value is -1.08. The van der Waals surface area contributed by atoms with Gasteiger partial charge in [-0.25, -0.2) is 13.1 Å². The van der Waals surface area contributed by atoms with E-state index in [0.717, 1.165) is 25.1 Å². The van der Waals surface area contributed by atoms with Crippen LogP contribution < -0.4 is 9.46 Å². The number of nitrogens with one attached hydrogen (secondary N) is 1. The molecule has 0 bridgehead atoms. The zero-order valence-electron chi connectivity index (χ0n) is 12.6. The standard InChI is InChI=1S/C15H21ClN2O3S/c1-3-8-21-15-5-4-12(9-14(15)16)10-18-7-6-13(11-18)17-22(2,19)20/h3-5,9,13,17H,1,6-8,10-11H2,2H3/t13-/m1/s1. The first-order valence-electron chi connectivity index (χ1n) is 7.09. The molecule has 0 spiro atoms. The van der Waals surface area contributed by atoms with Crippen LogP contribution in [0.2, 0.25) is 5.02 Å². The van der Waals surface area contributed by atoms with Gasteiger partial charge in [0.25, 0.3) is 0 Å². The summed E-state index contributed by atoms with van der Waals surface area (Å²) in [7, 11) is -3.15. The average molecular weight is 345 g/mol. The van der Waals surface area contributed by atoms with E-state index in [0.29, 0.717) is 23.9 Å². The highest BCUT2D eigenvalue weighted by Gasteiger charge is 2.24. The molecule has 1 fully saturated rings. The van der Waals surface area contributed by atoms with Crippen molar-refractivity contribution in [1.29, 1.82) is 0 Å². The van der Waals surface area contributed by atoms with Crippen molar-refractivity contribution in [2.75, 3.05) is 26.0 Å². The van der Waals surface area contributed by atoms with Crippen molar-refractivity contribution >= 4 is 21.6 Å². The smallest absolute Gasteiger partial charge is 0.208 e. The van der Waals surface area contributed by atoms with Crippen LogP contribution in [-0.4, -0.2) is 45.3 Å². The van der Waals surface area contributed by atoms with E-state index in [2.05, 4.69) is 16.2 Å². The van der Waals surface area contributed by atoms with Gasteiger partial charge in [-0.05, 0) is 24.1 Å². The molecule has 2 rings (SSSR count). The monoisotopic (exact) mass is 344 g/mol. The third kappa shape index (κ3) is 5.28. The summed E-state index contributed by atoms with van der Waals surface area (Å²) in [5.74, 6) is 0.642. The number of rotatable bonds is 7. The number of nitrogens with zero attached hydrogens (tertiary/aromatic N) is 1. The molecule has 0 aromatic heterocycles. The lowest BCUT2D eigenvalue weighted by molar-refractivity contribution is 0.324. The van der Waals surface area contributed by atoms with Crippen LogP contribution >= 0.6 is 11.6 Å². The van der Waals surface area contributed by atoms with Crippen LogP contribution in [0.15, 0.2) is 30.9 Å². The molecule has 1 N–H and O–H groups in total. The minimum atomic E-state index is -3.15. The van der Waals surface area contributed by atoms with Crippen LogP contribution in [-0.2, 0) is 16.6 Å². The highest BCUT2D eigenvalue weighted by atomic mass is 35.5. The molecule has 122 valence electrons. The molecule has 0 amide bonds. The summed E-state index contributed by atoms with van der Waals surface area (Å²) in [4.78, 5) is 2.21. The fraction of sp³-hybridized carbons (Fsp3) is 0.467. The normalized spacial score (nSPS) is 19.3. The van der Waals surface area contributed by atoms with Crippen LogP contribution in [0.5, 0.6) is 5.75 Å². The van der Waals surface area contributed by atoms with Gasteiger partial charge in [0, 0.05) is 25.7 Å². The summed E-state index contributed by atoms with van der Waals surface area (Å²) >= 11 is 6.20. The van der Waals surface area contributed by atoms with E-state index < -0.39 is 10.0 Å². The predicted molar refractivity (Wildman–Crippen MR) is 88.8 cm³/mol. The number of hydrogen-bond donors (Lipinski definition) is 1. The number of likely N-dealkylation sites (tertiary alicyclic amines) is 1. The molecule has 22 heavy (non-hydrogen) atoms. The molecule has 1 aliphatic rings. The molecule has 1 aliphatic heterocycles. The fourth-order valence-electron chi connectivity index (χ4n) is 2.54. The van der Waals surface area contributed by atoms with Gasteiger partial charge in [0.15, 0.2) is 0 Å². The molecule has 7 heteroatoms. The molecule has 5 nitrogen and oxygen atoms in total. The maximum absolute atomic E-state index is 11.3. The van der Waals surface area contributed by atoms with E-state index >= 15 is 0 Å². The fourth-order valence-corrected chi connectivity index (χ4v) is 3.60. The Morgan fingerprint density at radius 3 is 2.95 bits per heavy atom. The van der Waals surface area contributed by atoms with Gasteiger partial charge in [0.1, 0.15) is 12.4 Å². The Bertz CT molecular complexity index is 634. The minimum absolute atomic E-state index is 0.0133. The van der Waals surface area contributed by atoms with Gasteiger partial charge in [-0.2, -0.15) is 0 Å². The van der Waals surface area contributed by atoms with Crippen molar-refractivity contribution in [3.05, 3.63) is 41.4 Å². The molecular formula is C15H21ClN2O3S.